The number of aromatic nitrogens is 2. The standard InChI is InChI=1S/C28H38N6O2S/c1-20-18-24(31-26(29-20)34-14-10-28(6-7-28)11-15-34)30-25(36)22-3-2-21(32-37-17-16-35)19-23(22)33-12-8-27(4-5-27)9-13-33/h2-3,18-19,32,35H,4-17H2,1H3,(H,29,30,31,36). The smallest absolute Gasteiger partial charge is 0.258 e. The van der Waals surface area contributed by atoms with Crippen molar-refractivity contribution in [2.24, 2.45) is 10.8 Å². The molecule has 8 nitrogen and oxygen atoms in total. The lowest BCUT2D eigenvalue weighted by Crippen LogP contribution is -2.36. The van der Waals surface area contributed by atoms with Crippen LogP contribution >= 0.6 is 11.9 Å². The summed E-state index contributed by atoms with van der Waals surface area (Å²) in [6.07, 6.45) is 10.2. The molecule has 4 fully saturated rings. The van der Waals surface area contributed by atoms with E-state index in [0.29, 0.717) is 28.0 Å². The number of hydrogen-bond acceptors (Lipinski definition) is 8. The summed E-state index contributed by atoms with van der Waals surface area (Å²) in [5.41, 5.74) is 4.58. The summed E-state index contributed by atoms with van der Waals surface area (Å²) in [6.45, 7) is 6.00. The minimum Gasteiger partial charge on any atom is -0.395 e. The first kappa shape index (κ1) is 24.8. The van der Waals surface area contributed by atoms with Gasteiger partial charge in [-0.15, -0.1) is 0 Å². The molecule has 2 aliphatic heterocycles. The second-order valence-electron chi connectivity index (χ2n) is 11.5. The molecule has 4 aliphatic rings. The Balaban J connectivity index is 1.20. The van der Waals surface area contributed by atoms with Crippen molar-refractivity contribution in [2.45, 2.75) is 58.3 Å². The third-order valence-electron chi connectivity index (χ3n) is 8.90. The summed E-state index contributed by atoms with van der Waals surface area (Å²) < 4.78 is 3.30. The highest BCUT2D eigenvalue weighted by Crippen LogP contribution is 2.54. The lowest BCUT2D eigenvalue weighted by Gasteiger charge is -2.35. The molecule has 1 aromatic heterocycles. The number of amides is 1. The van der Waals surface area contributed by atoms with Crippen molar-refractivity contribution >= 4 is 41.0 Å². The molecule has 2 spiro atoms. The Bertz CT molecular complexity index is 1150. The van der Waals surface area contributed by atoms with Crippen molar-refractivity contribution in [1.82, 2.24) is 9.97 Å². The van der Waals surface area contributed by atoms with E-state index in [1.165, 1.54) is 63.3 Å². The number of aliphatic hydroxyl groups excluding tert-OH is 1. The van der Waals surface area contributed by atoms with Crippen LogP contribution in [0.4, 0.5) is 23.1 Å². The third kappa shape index (κ3) is 5.53. The second kappa shape index (κ2) is 9.98. The van der Waals surface area contributed by atoms with Crippen LogP contribution in [0.1, 0.15) is 67.4 Å². The van der Waals surface area contributed by atoms with Crippen LogP contribution in [0.15, 0.2) is 24.3 Å². The zero-order valence-corrected chi connectivity index (χ0v) is 22.6. The normalized spacial score (nSPS) is 21.2. The monoisotopic (exact) mass is 522 g/mol. The summed E-state index contributed by atoms with van der Waals surface area (Å²) in [5.74, 6) is 1.74. The van der Waals surface area contributed by atoms with Gasteiger partial charge in [0.25, 0.3) is 5.91 Å². The molecule has 0 unspecified atom stereocenters. The van der Waals surface area contributed by atoms with E-state index in [0.717, 1.165) is 49.2 Å². The Morgan fingerprint density at radius 1 is 0.946 bits per heavy atom. The lowest BCUT2D eigenvalue weighted by molar-refractivity contribution is 0.102. The molecule has 0 bridgehead atoms. The molecule has 2 aromatic rings. The highest BCUT2D eigenvalue weighted by Gasteiger charge is 2.45. The van der Waals surface area contributed by atoms with Crippen LogP contribution in [-0.2, 0) is 0 Å². The first-order valence-electron chi connectivity index (χ1n) is 13.8. The maximum Gasteiger partial charge on any atom is 0.258 e. The quantitative estimate of drug-likeness (QED) is 0.335. The number of carbonyl (C=O) groups excluding carboxylic acids is 1. The fraction of sp³-hybridized carbons (Fsp3) is 0.607. The average molecular weight is 523 g/mol. The molecular formula is C28H38N6O2S. The fourth-order valence-corrected chi connectivity index (χ4v) is 6.41. The van der Waals surface area contributed by atoms with Gasteiger partial charge < -0.3 is 24.9 Å². The molecule has 0 radical (unpaired) electrons. The van der Waals surface area contributed by atoms with E-state index in [9.17, 15) is 4.79 Å². The number of anilines is 4. The Morgan fingerprint density at radius 2 is 1.59 bits per heavy atom. The van der Waals surface area contributed by atoms with E-state index >= 15 is 0 Å². The number of hydrogen-bond donors (Lipinski definition) is 3. The molecule has 2 aliphatic carbocycles. The number of carbonyl (C=O) groups is 1. The predicted octanol–water partition coefficient (Wildman–Crippen LogP) is 4.85. The zero-order valence-electron chi connectivity index (χ0n) is 21.8. The van der Waals surface area contributed by atoms with E-state index in [1.807, 2.05) is 25.1 Å². The number of nitrogens with one attached hydrogen (secondary N) is 2. The van der Waals surface area contributed by atoms with Crippen molar-refractivity contribution in [3.8, 4) is 0 Å². The molecule has 2 saturated heterocycles. The van der Waals surface area contributed by atoms with Gasteiger partial charge in [-0.3, -0.25) is 4.79 Å². The highest BCUT2D eigenvalue weighted by atomic mass is 32.2. The highest BCUT2D eigenvalue weighted by molar-refractivity contribution is 8.00. The SMILES string of the molecule is Cc1cc(NC(=O)c2ccc(NSCCO)cc2N2CCC3(CC2)CC3)nc(N2CCC3(CC2)CC3)n1. The van der Waals surface area contributed by atoms with Crippen LogP contribution in [-0.4, -0.2) is 59.5 Å². The van der Waals surface area contributed by atoms with Gasteiger partial charge in [0.1, 0.15) is 5.82 Å². The average Bonchev–Trinajstić information content (AvgIpc) is 3.83. The molecule has 1 aromatic carbocycles. The molecule has 2 saturated carbocycles. The summed E-state index contributed by atoms with van der Waals surface area (Å²) in [7, 11) is 0. The van der Waals surface area contributed by atoms with Crippen LogP contribution in [0.2, 0.25) is 0 Å². The van der Waals surface area contributed by atoms with E-state index in [4.69, 9.17) is 15.1 Å². The number of nitrogens with zero attached hydrogens (tertiary/aromatic N) is 4. The number of rotatable bonds is 8. The van der Waals surface area contributed by atoms with Crippen molar-refractivity contribution < 1.29 is 9.90 Å². The van der Waals surface area contributed by atoms with E-state index in [1.54, 1.807) is 0 Å². The lowest BCUT2D eigenvalue weighted by atomic mass is 9.93. The minimum atomic E-state index is -0.143. The summed E-state index contributed by atoms with van der Waals surface area (Å²) in [4.78, 5) is 27.7. The van der Waals surface area contributed by atoms with Gasteiger partial charge in [-0.05, 0) is 87.3 Å². The fourth-order valence-electron chi connectivity index (χ4n) is 5.93. The van der Waals surface area contributed by atoms with Gasteiger partial charge in [-0.2, -0.15) is 4.98 Å². The van der Waals surface area contributed by atoms with Crippen LogP contribution in [0.5, 0.6) is 0 Å². The van der Waals surface area contributed by atoms with Gasteiger partial charge in [0.2, 0.25) is 5.95 Å². The Hall–Kier alpha value is -2.52. The Labute approximate surface area is 223 Å². The number of aryl methyl sites for hydroxylation is 1. The maximum atomic E-state index is 13.6. The van der Waals surface area contributed by atoms with Crippen molar-refractivity contribution in [3.05, 3.63) is 35.5 Å². The third-order valence-corrected chi connectivity index (χ3v) is 9.66. The molecule has 3 heterocycles. The molecule has 1 amide bonds. The molecule has 198 valence electrons. The van der Waals surface area contributed by atoms with Gasteiger partial charge in [0, 0.05) is 49.4 Å². The maximum absolute atomic E-state index is 13.6. The molecular weight excluding hydrogens is 484 g/mol. The van der Waals surface area contributed by atoms with Gasteiger partial charge >= 0.3 is 0 Å². The van der Waals surface area contributed by atoms with Crippen LogP contribution in [0.3, 0.4) is 0 Å². The second-order valence-corrected chi connectivity index (χ2v) is 12.4. The van der Waals surface area contributed by atoms with E-state index < -0.39 is 0 Å². The molecule has 0 atom stereocenters. The number of piperidine rings is 2. The van der Waals surface area contributed by atoms with Crippen LogP contribution in [0.25, 0.3) is 0 Å². The van der Waals surface area contributed by atoms with Gasteiger partial charge in [0.05, 0.1) is 17.9 Å². The van der Waals surface area contributed by atoms with Crippen LogP contribution in [0, 0.1) is 17.8 Å². The van der Waals surface area contributed by atoms with Crippen LogP contribution < -0.4 is 19.8 Å². The zero-order chi connectivity index (χ0) is 25.5. The predicted molar refractivity (Wildman–Crippen MR) is 151 cm³/mol. The Morgan fingerprint density at radius 3 is 2.22 bits per heavy atom. The molecule has 37 heavy (non-hydrogen) atoms. The largest absolute Gasteiger partial charge is 0.395 e. The summed E-state index contributed by atoms with van der Waals surface area (Å²) >= 11 is 1.47. The van der Waals surface area contributed by atoms with Crippen molar-refractivity contribution in [3.63, 3.8) is 0 Å². The number of aliphatic hydroxyl groups is 1. The van der Waals surface area contributed by atoms with E-state index in [-0.39, 0.29) is 12.5 Å². The van der Waals surface area contributed by atoms with Gasteiger partial charge in [-0.25, -0.2) is 4.98 Å². The van der Waals surface area contributed by atoms with Gasteiger partial charge in [-0.1, -0.05) is 11.9 Å². The minimum absolute atomic E-state index is 0.123. The Kier molecular flexibility index (Phi) is 6.69. The first-order valence-corrected chi connectivity index (χ1v) is 14.7. The molecule has 6 rings (SSSR count). The number of benzene rings is 1. The van der Waals surface area contributed by atoms with Crippen molar-refractivity contribution in [2.75, 3.05) is 58.4 Å². The first-order chi connectivity index (χ1) is 18.0. The van der Waals surface area contributed by atoms with E-state index in [2.05, 4.69) is 25.9 Å². The molecule has 9 heteroatoms. The summed E-state index contributed by atoms with van der Waals surface area (Å²) in [5, 5.41) is 12.2. The topological polar surface area (TPSA) is 93.6 Å². The molecule has 3 N–H and O–H groups in total. The van der Waals surface area contributed by atoms with Gasteiger partial charge in [0.15, 0.2) is 0 Å². The van der Waals surface area contributed by atoms with Crippen molar-refractivity contribution in [1.29, 1.82) is 0 Å². The summed E-state index contributed by atoms with van der Waals surface area (Å²) in [6, 6.07) is 7.77.